The number of rotatable bonds is 13. The third-order valence-corrected chi connectivity index (χ3v) is 5.71. The van der Waals surface area contributed by atoms with Gasteiger partial charge >= 0.3 is 113 Å². The summed E-state index contributed by atoms with van der Waals surface area (Å²) in [6.45, 7) is 5.46. The maximum atomic E-state index is 10.2. The molecule has 144 valence electrons. The molecule has 0 saturated carbocycles. The van der Waals surface area contributed by atoms with Crippen molar-refractivity contribution in [3.05, 3.63) is 0 Å². The summed E-state index contributed by atoms with van der Waals surface area (Å²) >= 11 is 1.19. The van der Waals surface area contributed by atoms with Crippen molar-refractivity contribution in [3.63, 3.8) is 0 Å². The van der Waals surface area contributed by atoms with Crippen LogP contribution in [0.3, 0.4) is 0 Å². The molecule has 0 fully saturated rings. The molecule has 0 spiro atoms. The molecule has 0 radical (unpaired) electrons. The van der Waals surface area contributed by atoms with Crippen LogP contribution in [0, 0.1) is 0 Å². The summed E-state index contributed by atoms with van der Waals surface area (Å²) < 4.78 is 34.9. The largest absolute Gasteiger partial charge is 0.481 e. The molecule has 0 aliphatic heterocycles. The molecule has 0 aromatic rings. The first-order valence-electron chi connectivity index (χ1n) is 8.58. The minimum absolute atomic E-state index is 0.593. The minimum Gasteiger partial charge on any atom is -0.481 e. The summed E-state index contributed by atoms with van der Waals surface area (Å²) in [6.07, 6.45) is 8.22. The second-order valence-electron chi connectivity index (χ2n) is 5.80. The molecular weight excluding hydrogens is 363 g/mol. The maximum absolute atomic E-state index is 10.2. The molecule has 0 heterocycles. The summed E-state index contributed by atoms with van der Waals surface area (Å²) in [6, 6.07) is 0. The number of unbranched alkanes of at least 4 members (excludes halogenated alkanes) is 5. The van der Waals surface area contributed by atoms with Gasteiger partial charge < -0.3 is 10.2 Å². The van der Waals surface area contributed by atoms with E-state index in [9.17, 15) is 18.0 Å². The molecule has 0 aliphatic carbocycles. The molecule has 3 N–H and O–H groups in total. The van der Waals surface area contributed by atoms with Gasteiger partial charge in [-0.2, -0.15) is 8.42 Å². The van der Waals surface area contributed by atoms with Gasteiger partial charge in [-0.05, 0) is 0 Å². The molecule has 0 aliphatic rings. The zero-order chi connectivity index (χ0) is 19.9. The normalized spacial score (nSPS) is 13.5. The molecule has 8 nitrogen and oxygen atoms in total. The van der Waals surface area contributed by atoms with E-state index in [0.717, 1.165) is 6.61 Å². The van der Waals surface area contributed by atoms with Crippen LogP contribution in [-0.4, -0.2) is 78.3 Å². The molecule has 0 aromatic heterocycles. The van der Waals surface area contributed by atoms with Crippen LogP contribution in [-0.2, 0) is 24.4 Å². The number of carbonyl (C=O) groups is 2. The van der Waals surface area contributed by atoms with Gasteiger partial charge in [-0.15, -0.1) is 0 Å². The van der Waals surface area contributed by atoms with Gasteiger partial charge in [0.05, 0.1) is 6.42 Å². The van der Waals surface area contributed by atoms with Crippen LogP contribution in [0.25, 0.3) is 0 Å². The van der Waals surface area contributed by atoms with Crippen LogP contribution >= 0.6 is 0 Å². The van der Waals surface area contributed by atoms with E-state index in [1.165, 1.54) is 72.9 Å². The summed E-state index contributed by atoms with van der Waals surface area (Å²) in [4.78, 5) is 20.0. The van der Waals surface area contributed by atoms with Gasteiger partial charge in [-0.3, -0.25) is 14.1 Å². The van der Waals surface area contributed by atoms with Crippen molar-refractivity contribution in [3.8, 4) is 0 Å². The Kier molecular flexibility index (Phi) is 17.3. The minimum atomic E-state index is -4.84. The molecule has 0 rings (SSSR count). The Hall–Kier alpha value is -0.190. The molecule has 10 heteroatoms. The molecule has 2 unspecified atom stereocenters. The van der Waals surface area contributed by atoms with Crippen LogP contribution in [0.5, 0.6) is 0 Å². The van der Waals surface area contributed by atoms with Crippen molar-refractivity contribution in [1.82, 2.24) is 0 Å². The first-order valence-corrected chi connectivity index (χ1v) is 11.2. The van der Waals surface area contributed by atoms with Crippen LogP contribution in [0.1, 0.15) is 65.2 Å². The predicted octanol–water partition coefficient (Wildman–Crippen LogP) is 2.07. The van der Waals surface area contributed by atoms with E-state index in [0.29, 0.717) is 3.35 Å². The van der Waals surface area contributed by atoms with E-state index in [-0.39, 0.29) is 0 Å². The summed E-state index contributed by atoms with van der Waals surface area (Å²) in [5.74, 6) is -3.50. The smallest absolute Gasteiger partial charge is 0.325 e. The second kappa shape index (κ2) is 16.0. The topological polar surface area (TPSA) is 138 Å². The Morgan fingerprint density at radius 2 is 1.56 bits per heavy atom. The summed E-state index contributed by atoms with van der Waals surface area (Å²) in [5, 5.41) is 13.9. The quantitative estimate of drug-likeness (QED) is 0.246. The zero-order valence-corrected chi connectivity index (χ0v) is 18.1. The summed E-state index contributed by atoms with van der Waals surface area (Å²) in [7, 11) is -4.84. The second-order valence-corrected chi connectivity index (χ2v) is 8.68. The number of hydrogen-bond donors (Lipinski definition) is 3. The summed E-state index contributed by atoms with van der Waals surface area (Å²) in [5.41, 5.74) is 0. The number of hydrogen-bond acceptors (Lipinski definition) is 5. The van der Waals surface area contributed by atoms with Crippen molar-refractivity contribution >= 4 is 50.0 Å². The molecule has 0 amide bonds. The fourth-order valence-corrected chi connectivity index (χ4v) is 2.61. The first-order chi connectivity index (χ1) is 11.6. The van der Waals surface area contributed by atoms with Gasteiger partial charge in [-0.25, -0.2) is 0 Å². The van der Waals surface area contributed by atoms with Crippen molar-refractivity contribution < 1.29 is 37.5 Å². The SMILES string of the molecule is CCCCCCCCO[CH]([Na])CC.O=C(O)CC(C(=O)O)S(=O)(=O)O. The van der Waals surface area contributed by atoms with Crippen LogP contribution in [0.2, 0.25) is 0 Å². The predicted molar refractivity (Wildman–Crippen MR) is 94.4 cm³/mol. The fraction of sp³-hybridized carbons (Fsp3) is 0.867. The Labute approximate surface area is 167 Å². The van der Waals surface area contributed by atoms with Crippen molar-refractivity contribution in [2.45, 2.75) is 73.8 Å². The number of carboxylic acid groups (broad SMARTS) is 2. The van der Waals surface area contributed by atoms with Gasteiger partial charge in [0, 0.05) is 0 Å². The molecular formula is C15H29NaO8S. The number of ether oxygens (including phenoxy) is 1. The average molecular weight is 392 g/mol. The zero-order valence-electron chi connectivity index (χ0n) is 15.3. The van der Waals surface area contributed by atoms with Gasteiger partial charge in [0.25, 0.3) is 10.1 Å². The molecule has 0 aromatic carbocycles. The Morgan fingerprint density at radius 1 is 1.04 bits per heavy atom. The third kappa shape index (κ3) is 18.4. The molecule has 2 atom stereocenters. The molecule has 25 heavy (non-hydrogen) atoms. The van der Waals surface area contributed by atoms with Crippen molar-refractivity contribution in [2.75, 3.05) is 6.61 Å². The van der Waals surface area contributed by atoms with E-state index in [1.807, 2.05) is 0 Å². The third-order valence-electron chi connectivity index (χ3n) is 3.47. The van der Waals surface area contributed by atoms with E-state index in [2.05, 4.69) is 13.8 Å². The van der Waals surface area contributed by atoms with Crippen LogP contribution in [0.15, 0.2) is 0 Å². The van der Waals surface area contributed by atoms with E-state index in [4.69, 9.17) is 19.5 Å². The van der Waals surface area contributed by atoms with Gasteiger partial charge in [-0.1, -0.05) is 0 Å². The number of carboxylic acids is 2. The van der Waals surface area contributed by atoms with E-state index >= 15 is 0 Å². The van der Waals surface area contributed by atoms with Gasteiger partial charge in [0.15, 0.2) is 5.25 Å². The Bertz CT molecular complexity index is 466. The first kappa shape index (κ1) is 27.0. The number of aliphatic carboxylic acids is 2. The van der Waals surface area contributed by atoms with E-state index in [1.54, 1.807) is 0 Å². The average Bonchev–Trinajstić information content (AvgIpc) is 2.50. The Balaban J connectivity index is 0. The maximum Gasteiger partial charge on any atom is 0.325 e. The van der Waals surface area contributed by atoms with Gasteiger partial charge in [0.2, 0.25) is 0 Å². The van der Waals surface area contributed by atoms with Crippen LogP contribution in [0.4, 0.5) is 0 Å². The van der Waals surface area contributed by atoms with Crippen molar-refractivity contribution in [2.24, 2.45) is 0 Å². The van der Waals surface area contributed by atoms with Gasteiger partial charge in [0.1, 0.15) is 0 Å². The van der Waals surface area contributed by atoms with Crippen molar-refractivity contribution in [1.29, 1.82) is 0 Å². The Morgan fingerprint density at radius 3 is 1.92 bits per heavy atom. The standard InChI is InChI=1S/C11H23O.C4H6O7S.Na/c1-3-5-6-7-8-9-11-12-10-4-2;5-3(6)1-2(4(7)8)12(9,10)11;/h10H,3-9,11H2,1-2H3;2H,1H2,(H,5,6)(H,7,8)(H,9,10,11);. The molecule has 0 bridgehead atoms. The monoisotopic (exact) mass is 392 g/mol. The van der Waals surface area contributed by atoms with Crippen LogP contribution < -0.4 is 0 Å². The fourth-order valence-electron chi connectivity index (χ4n) is 1.76. The molecule has 0 saturated heterocycles. The van der Waals surface area contributed by atoms with E-state index < -0.39 is 33.7 Å².